The number of benzene rings is 1. The fourth-order valence-corrected chi connectivity index (χ4v) is 4.09. The summed E-state index contributed by atoms with van der Waals surface area (Å²) in [5.41, 5.74) is 5.93. The van der Waals surface area contributed by atoms with Crippen LogP contribution in [-0.2, 0) is 36.9 Å². The maximum atomic E-state index is 13.3. The summed E-state index contributed by atoms with van der Waals surface area (Å²) in [5, 5.41) is 5.39. The van der Waals surface area contributed by atoms with Crippen LogP contribution in [0.5, 0.6) is 0 Å². The van der Waals surface area contributed by atoms with Gasteiger partial charge < -0.3 is 21.1 Å². The van der Waals surface area contributed by atoms with Crippen LogP contribution in [0.4, 0.5) is 4.79 Å². The van der Waals surface area contributed by atoms with Gasteiger partial charge in [0, 0.05) is 31.7 Å². The average molecular weight is 560 g/mol. The number of hydrogen-bond acceptors (Lipinski definition) is 6. The molecule has 1 rings (SSSR count). The molecule has 0 heterocycles. The second-order valence-corrected chi connectivity index (χ2v) is 13.1. The van der Waals surface area contributed by atoms with Crippen molar-refractivity contribution < 1.29 is 28.7 Å². The van der Waals surface area contributed by atoms with Gasteiger partial charge in [-0.1, -0.05) is 58.9 Å². The van der Waals surface area contributed by atoms with Crippen LogP contribution in [0, 0.1) is 22.7 Å². The van der Waals surface area contributed by atoms with Gasteiger partial charge in [-0.2, -0.15) is 0 Å². The number of carbonyl (C=O) groups excluding carboxylic acids is 5. The molecule has 0 fully saturated rings. The number of amides is 3. The van der Waals surface area contributed by atoms with Crippen LogP contribution < -0.4 is 16.4 Å². The minimum atomic E-state index is -0.784. The van der Waals surface area contributed by atoms with Gasteiger partial charge in [0.2, 0.25) is 5.91 Å². The molecule has 0 unspecified atom stereocenters. The van der Waals surface area contributed by atoms with Gasteiger partial charge in [-0.3, -0.25) is 19.2 Å². The molecule has 0 radical (unpaired) electrons. The summed E-state index contributed by atoms with van der Waals surface area (Å²) in [6.45, 7) is 15.5. The van der Waals surface area contributed by atoms with Crippen molar-refractivity contribution in [2.24, 2.45) is 28.4 Å². The third kappa shape index (κ3) is 13.7. The van der Waals surface area contributed by atoms with Crippen molar-refractivity contribution in [3.63, 3.8) is 0 Å². The zero-order valence-electron chi connectivity index (χ0n) is 25.5. The van der Waals surface area contributed by atoms with E-state index in [9.17, 15) is 24.0 Å². The predicted molar refractivity (Wildman–Crippen MR) is 155 cm³/mol. The fraction of sp³-hybridized carbons (Fsp3) is 0.645. The molecule has 9 heteroatoms. The summed E-state index contributed by atoms with van der Waals surface area (Å²) in [5.74, 6) is -1.42. The monoisotopic (exact) mass is 559 g/mol. The number of nitrogens with one attached hydrogen (secondary N) is 2. The Balaban J connectivity index is 2.94. The summed E-state index contributed by atoms with van der Waals surface area (Å²) in [4.78, 5) is 62.3. The summed E-state index contributed by atoms with van der Waals surface area (Å²) < 4.78 is 5.35. The Hall–Kier alpha value is -3.23. The largest absolute Gasteiger partial charge is 0.460 e. The summed E-state index contributed by atoms with van der Waals surface area (Å²) in [6, 6.07) is 5.77. The second-order valence-electron chi connectivity index (χ2n) is 13.1. The zero-order valence-corrected chi connectivity index (χ0v) is 25.5. The van der Waals surface area contributed by atoms with Crippen LogP contribution in [0.1, 0.15) is 92.2 Å². The maximum absolute atomic E-state index is 13.3. The van der Waals surface area contributed by atoms with Gasteiger partial charge in [0.15, 0.2) is 5.78 Å². The number of Topliss-reactive ketones (excluding diaryl/α,β-unsaturated/α-hetero) is 2. The summed E-state index contributed by atoms with van der Waals surface area (Å²) in [7, 11) is 0. The number of rotatable bonds is 15. The molecular formula is C31H49N3O6. The number of ether oxygens (including phenoxy) is 1. The molecule has 0 aliphatic carbocycles. The Bertz CT molecular complexity index is 1020. The highest BCUT2D eigenvalue weighted by atomic mass is 16.5. The van der Waals surface area contributed by atoms with Crippen molar-refractivity contribution in [2.45, 2.75) is 100 Å². The molecule has 0 saturated heterocycles. The first kappa shape index (κ1) is 34.8. The molecule has 4 N–H and O–H groups in total. The van der Waals surface area contributed by atoms with Crippen LogP contribution in [0.3, 0.4) is 0 Å². The van der Waals surface area contributed by atoms with Crippen LogP contribution in [-0.4, -0.2) is 42.1 Å². The number of nitrogens with two attached hydrogens (primary N) is 1. The van der Waals surface area contributed by atoms with E-state index in [0.717, 1.165) is 11.1 Å². The van der Waals surface area contributed by atoms with Gasteiger partial charge in [0.25, 0.3) is 0 Å². The molecule has 0 saturated carbocycles. The van der Waals surface area contributed by atoms with Gasteiger partial charge >= 0.3 is 12.0 Å². The van der Waals surface area contributed by atoms with E-state index in [1.54, 1.807) is 45.0 Å². The van der Waals surface area contributed by atoms with Crippen molar-refractivity contribution in [1.29, 1.82) is 0 Å². The molecule has 0 spiro atoms. The number of primary amides is 1. The lowest BCUT2D eigenvalue weighted by Gasteiger charge is -2.25. The zero-order chi connectivity index (χ0) is 30.7. The molecule has 0 bridgehead atoms. The van der Waals surface area contributed by atoms with E-state index >= 15 is 0 Å². The highest BCUT2D eigenvalue weighted by Gasteiger charge is 2.30. The van der Waals surface area contributed by atoms with E-state index < -0.39 is 23.4 Å². The molecule has 40 heavy (non-hydrogen) atoms. The molecule has 2 atom stereocenters. The van der Waals surface area contributed by atoms with E-state index in [0.29, 0.717) is 19.3 Å². The van der Waals surface area contributed by atoms with Crippen molar-refractivity contribution in [2.75, 3.05) is 6.54 Å². The highest BCUT2D eigenvalue weighted by molar-refractivity contribution is 5.93. The van der Waals surface area contributed by atoms with E-state index in [4.69, 9.17) is 10.5 Å². The predicted octanol–water partition coefficient (Wildman–Crippen LogP) is 4.49. The third-order valence-electron chi connectivity index (χ3n) is 6.37. The van der Waals surface area contributed by atoms with E-state index in [-0.39, 0.29) is 60.8 Å². The Labute approximate surface area is 239 Å². The third-order valence-corrected chi connectivity index (χ3v) is 6.37. The lowest BCUT2D eigenvalue weighted by molar-refractivity contribution is -0.154. The standard InChI is InChI=1S/C31H49N3O6/c1-20(2)24(17-23(35)18-30(3,4)5)27(37)34-25(10-9-15-33-29(32)39)26(36)16-21-11-13-22(14-12-21)19-40-28(38)31(6,7)8/h11-14,20,24-25H,9-10,15-19H2,1-8H3,(H,34,37)(H3,32,33,39)/t24-,25-/m0/s1. The fourth-order valence-electron chi connectivity index (χ4n) is 4.09. The number of esters is 1. The lowest BCUT2D eigenvalue weighted by atomic mass is 9.83. The molecule has 9 nitrogen and oxygen atoms in total. The van der Waals surface area contributed by atoms with Crippen molar-refractivity contribution in [3.05, 3.63) is 35.4 Å². The molecule has 1 aromatic carbocycles. The Morgan fingerprint density at radius 1 is 0.925 bits per heavy atom. The Morgan fingerprint density at radius 2 is 1.50 bits per heavy atom. The summed E-state index contributed by atoms with van der Waals surface area (Å²) >= 11 is 0. The number of ketones is 2. The minimum absolute atomic E-state index is 0.0168. The van der Waals surface area contributed by atoms with E-state index in [1.807, 2.05) is 34.6 Å². The molecule has 0 aliphatic heterocycles. The van der Waals surface area contributed by atoms with Gasteiger partial charge in [-0.15, -0.1) is 0 Å². The molecule has 1 aromatic rings. The second kappa shape index (κ2) is 15.5. The van der Waals surface area contributed by atoms with Crippen molar-refractivity contribution in [3.8, 4) is 0 Å². The minimum Gasteiger partial charge on any atom is -0.460 e. The van der Waals surface area contributed by atoms with E-state index in [2.05, 4.69) is 10.6 Å². The van der Waals surface area contributed by atoms with Crippen LogP contribution in [0.2, 0.25) is 0 Å². The van der Waals surface area contributed by atoms with Gasteiger partial charge in [0.1, 0.15) is 12.4 Å². The Kier molecular flexibility index (Phi) is 13.5. The lowest BCUT2D eigenvalue weighted by Crippen LogP contribution is -2.46. The highest BCUT2D eigenvalue weighted by Crippen LogP contribution is 2.24. The Morgan fingerprint density at radius 3 is 2.00 bits per heavy atom. The van der Waals surface area contributed by atoms with Gasteiger partial charge in [0.05, 0.1) is 11.5 Å². The number of hydrogen-bond donors (Lipinski definition) is 3. The first-order chi connectivity index (χ1) is 18.4. The first-order valence-electron chi connectivity index (χ1n) is 14.0. The molecular weight excluding hydrogens is 510 g/mol. The quantitative estimate of drug-likeness (QED) is 0.213. The van der Waals surface area contributed by atoms with Crippen LogP contribution >= 0.6 is 0 Å². The first-order valence-corrected chi connectivity index (χ1v) is 14.0. The molecule has 0 aliphatic rings. The SMILES string of the molecule is CC(C)[C@H](CC(=O)CC(C)(C)C)C(=O)N[C@@H](CCCNC(N)=O)C(=O)Cc1ccc(COC(=O)C(C)(C)C)cc1. The van der Waals surface area contributed by atoms with Crippen molar-refractivity contribution in [1.82, 2.24) is 10.6 Å². The maximum Gasteiger partial charge on any atom is 0.312 e. The van der Waals surface area contributed by atoms with E-state index in [1.165, 1.54) is 0 Å². The van der Waals surface area contributed by atoms with Crippen LogP contribution in [0.15, 0.2) is 24.3 Å². The number of urea groups is 1. The summed E-state index contributed by atoms with van der Waals surface area (Å²) in [6.07, 6.45) is 1.33. The topological polar surface area (TPSA) is 145 Å². The van der Waals surface area contributed by atoms with Gasteiger partial charge in [-0.05, 0) is 56.1 Å². The molecule has 3 amide bonds. The van der Waals surface area contributed by atoms with Gasteiger partial charge in [-0.25, -0.2) is 4.79 Å². The van der Waals surface area contributed by atoms with Crippen molar-refractivity contribution >= 4 is 29.5 Å². The normalized spacial score (nSPS) is 13.3. The smallest absolute Gasteiger partial charge is 0.312 e. The average Bonchev–Trinajstić information content (AvgIpc) is 2.81. The van der Waals surface area contributed by atoms with Crippen LogP contribution in [0.25, 0.3) is 0 Å². The molecule has 0 aromatic heterocycles. The molecule has 224 valence electrons. The number of carbonyl (C=O) groups is 5.